The van der Waals surface area contributed by atoms with Crippen molar-refractivity contribution in [2.24, 2.45) is 0 Å². The fourth-order valence-corrected chi connectivity index (χ4v) is 6.22. The van der Waals surface area contributed by atoms with E-state index in [4.69, 9.17) is 4.74 Å². The number of ether oxygens (including phenoxy) is 1. The van der Waals surface area contributed by atoms with Crippen LogP contribution in [0.5, 0.6) is 5.75 Å². The number of anilines is 1. The van der Waals surface area contributed by atoms with Gasteiger partial charge in [-0.25, -0.2) is 8.42 Å². The van der Waals surface area contributed by atoms with E-state index in [1.54, 1.807) is 36.4 Å². The largest absolute Gasteiger partial charge is 0.492 e. The molecule has 10 heteroatoms. The Hall–Kier alpha value is -3.50. The van der Waals surface area contributed by atoms with Gasteiger partial charge >= 0.3 is 0 Å². The molecule has 0 radical (unpaired) electrons. The minimum Gasteiger partial charge on any atom is -0.492 e. The summed E-state index contributed by atoms with van der Waals surface area (Å²) in [6.07, 6.45) is 2.80. The smallest absolute Gasteiger partial charge is 0.264 e. The Kier molecular flexibility index (Phi) is 11.5. The Bertz CT molecular complexity index is 1370. The number of nitrogens with zero attached hydrogens (tertiary/aromatic N) is 2. The molecule has 0 saturated carbocycles. The van der Waals surface area contributed by atoms with Crippen LogP contribution in [0.25, 0.3) is 0 Å². The van der Waals surface area contributed by atoms with Crippen LogP contribution in [0, 0.1) is 0 Å². The van der Waals surface area contributed by atoms with Crippen molar-refractivity contribution in [3.8, 4) is 5.75 Å². The average molecular weight is 584 g/mol. The van der Waals surface area contributed by atoms with Gasteiger partial charge in [0.2, 0.25) is 11.8 Å². The molecule has 0 aliphatic heterocycles. The molecule has 3 aromatic carbocycles. The fourth-order valence-electron chi connectivity index (χ4n) is 4.39. The molecular formula is C30H37N3O5S2. The van der Waals surface area contributed by atoms with Gasteiger partial charge in [0, 0.05) is 18.5 Å². The zero-order valence-electron chi connectivity index (χ0n) is 23.4. The van der Waals surface area contributed by atoms with Gasteiger partial charge in [0.05, 0.1) is 17.2 Å². The second kappa shape index (κ2) is 14.8. The van der Waals surface area contributed by atoms with Crippen LogP contribution in [0.2, 0.25) is 0 Å². The molecule has 0 saturated heterocycles. The predicted molar refractivity (Wildman–Crippen MR) is 160 cm³/mol. The van der Waals surface area contributed by atoms with Crippen molar-refractivity contribution in [1.82, 2.24) is 10.2 Å². The summed E-state index contributed by atoms with van der Waals surface area (Å²) in [7, 11) is -2.65. The van der Waals surface area contributed by atoms with Crippen LogP contribution in [0.1, 0.15) is 25.8 Å². The zero-order valence-corrected chi connectivity index (χ0v) is 25.0. The van der Waals surface area contributed by atoms with Crippen LogP contribution in [-0.2, 0) is 26.0 Å². The number of carbonyl (C=O) groups excluding carboxylic acids is 2. The molecule has 0 fully saturated rings. The first-order chi connectivity index (χ1) is 19.3. The Labute approximate surface area is 241 Å². The molecule has 8 nitrogen and oxygen atoms in total. The van der Waals surface area contributed by atoms with Gasteiger partial charge in [-0.1, -0.05) is 49.4 Å². The number of thioether (sulfide) groups is 1. The van der Waals surface area contributed by atoms with E-state index >= 15 is 0 Å². The summed E-state index contributed by atoms with van der Waals surface area (Å²) in [4.78, 5) is 29.3. The monoisotopic (exact) mass is 583 g/mol. The Morgan fingerprint density at radius 3 is 2.20 bits per heavy atom. The van der Waals surface area contributed by atoms with E-state index in [-0.39, 0.29) is 23.0 Å². The molecule has 3 aromatic rings. The molecule has 0 aromatic heterocycles. The lowest BCUT2D eigenvalue weighted by atomic mass is 10.1. The molecule has 0 heterocycles. The fraction of sp³-hybridized carbons (Fsp3) is 0.333. The molecule has 0 bridgehead atoms. The Morgan fingerprint density at radius 1 is 0.950 bits per heavy atom. The number of nitrogens with one attached hydrogen (secondary N) is 1. The standard InChI is InChI=1S/C30H37N3O5S2/c1-5-26(30(35)31-3)32(21-20-23-12-8-7-9-13-23)29(34)22-33(27-14-10-11-15-28(27)38-6-2)40(36,37)25-18-16-24(39-4)17-19-25/h7-19,26H,5-6,20-22H2,1-4H3,(H,31,35)/t26-/m0/s1. The quantitative estimate of drug-likeness (QED) is 0.279. The van der Waals surface area contributed by atoms with Crippen LogP contribution in [-0.4, -0.2) is 64.2 Å². The molecule has 2 amide bonds. The molecule has 40 heavy (non-hydrogen) atoms. The van der Waals surface area contributed by atoms with Gasteiger partial charge in [0.25, 0.3) is 10.0 Å². The van der Waals surface area contributed by atoms with Gasteiger partial charge in [-0.2, -0.15) is 0 Å². The van der Waals surface area contributed by atoms with Crippen LogP contribution in [0.15, 0.2) is 88.7 Å². The summed E-state index contributed by atoms with van der Waals surface area (Å²) in [5.74, 6) is -0.445. The first-order valence-electron chi connectivity index (χ1n) is 13.2. The van der Waals surface area contributed by atoms with Gasteiger partial charge in [0.15, 0.2) is 0 Å². The average Bonchev–Trinajstić information content (AvgIpc) is 2.98. The van der Waals surface area contributed by atoms with Crippen LogP contribution in [0.4, 0.5) is 5.69 Å². The topological polar surface area (TPSA) is 96.0 Å². The van der Waals surface area contributed by atoms with E-state index in [1.807, 2.05) is 50.4 Å². The number of carbonyl (C=O) groups is 2. The maximum absolute atomic E-state index is 14.1. The number of rotatable bonds is 14. The molecule has 0 aliphatic carbocycles. The highest BCUT2D eigenvalue weighted by atomic mass is 32.2. The minimum absolute atomic E-state index is 0.0542. The maximum Gasteiger partial charge on any atom is 0.264 e. The molecule has 1 atom stereocenters. The predicted octanol–water partition coefficient (Wildman–Crippen LogP) is 4.60. The van der Waals surface area contributed by atoms with Crippen LogP contribution < -0.4 is 14.4 Å². The minimum atomic E-state index is -4.18. The van der Waals surface area contributed by atoms with Gasteiger partial charge in [-0.15, -0.1) is 11.8 Å². The molecular weight excluding hydrogens is 546 g/mol. The third-order valence-electron chi connectivity index (χ3n) is 6.48. The molecule has 0 unspecified atom stereocenters. The van der Waals surface area contributed by atoms with Gasteiger partial charge in [0.1, 0.15) is 18.3 Å². The van der Waals surface area contributed by atoms with E-state index in [0.717, 1.165) is 14.8 Å². The first-order valence-corrected chi connectivity index (χ1v) is 15.9. The highest BCUT2D eigenvalue weighted by molar-refractivity contribution is 7.98. The van der Waals surface area contributed by atoms with Crippen LogP contribution in [0.3, 0.4) is 0 Å². The van der Waals surface area contributed by atoms with E-state index in [1.165, 1.54) is 35.8 Å². The normalized spacial score (nSPS) is 11.9. The molecule has 0 aliphatic rings. The lowest BCUT2D eigenvalue weighted by Gasteiger charge is -2.33. The van der Waals surface area contributed by atoms with Gasteiger partial charge in [-0.05, 0) is 68.0 Å². The lowest BCUT2D eigenvalue weighted by molar-refractivity contribution is -0.139. The van der Waals surface area contributed by atoms with Crippen molar-refractivity contribution in [2.75, 3.05) is 37.3 Å². The second-order valence-electron chi connectivity index (χ2n) is 8.95. The van der Waals surface area contributed by atoms with Gasteiger partial charge < -0.3 is 15.0 Å². The summed E-state index contributed by atoms with van der Waals surface area (Å²) in [6, 6.07) is 22.2. The number of likely N-dealkylation sites (N-methyl/N-ethyl adjacent to an activating group) is 1. The van der Waals surface area contributed by atoms with E-state index in [0.29, 0.717) is 25.2 Å². The van der Waals surface area contributed by atoms with Crippen molar-refractivity contribution < 1.29 is 22.7 Å². The summed E-state index contributed by atoms with van der Waals surface area (Å²) in [5.41, 5.74) is 1.26. The van der Waals surface area contributed by atoms with Crippen molar-refractivity contribution in [1.29, 1.82) is 0 Å². The van der Waals surface area contributed by atoms with E-state index in [2.05, 4.69) is 5.32 Å². The third-order valence-corrected chi connectivity index (χ3v) is 8.99. The van der Waals surface area contributed by atoms with Crippen molar-refractivity contribution >= 4 is 39.3 Å². The van der Waals surface area contributed by atoms with E-state index in [9.17, 15) is 18.0 Å². The second-order valence-corrected chi connectivity index (χ2v) is 11.7. The zero-order chi connectivity index (χ0) is 29.1. The maximum atomic E-state index is 14.1. The van der Waals surface area contributed by atoms with Crippen LogP contribution >= 0.6 is 11.8 Å². The number of hydrogen-bond acceptors (Lipinski definition) is 6. The highest BCUT2D eigenvalue weighted by Crippen LogP contribution is 2.33. The first kappa shape index (κ1) is 31.0. The van der Waals surface area contributed by atoms with Gasteiger partial charge in [-0.3, -0.25) is 13.9 Å². The molecule has 3 rings (SSSR count). The molecule has 1 N–H and O–H groups in total. The molecule has 0 spiro atoms. The van der Waals surface area contributed by atoms with Crippen molar-refractivity contribution in [3.63, 3.8) is 0 Å². The Morgan fingerprint density at radius 2 is 1.60 bits per heavy atom. The summed E-state index contributed by atoms with van der Waals surface area (Å²) >= 11 is 1.50. The lowest BCUT2D eigenvalue weighted by Crippen LogP contribution is -2.52. The number of amides is 2. The number of sulfonamides is 1. The SMILES string of the molecule is CCOc1ccccc1N(CC(=O)N(CCc1ccccc1)[C@@H](CC)C(=O)NC)S(=O)(=O)c1ccc(SC)cc1. The summed E-state index contributed by atoms with van der Waals surface area (Å²) < 4.78 is 35.0. The van der Waals surface area contributed by atoms with Crippen molar-refractivity contribution in [3.05, 3.63) is 84.4 Å². The van der Waals surface area contributed by atoms with Crippen molar-refractivity contribution in [2.45, 2.75) is 42.5 Å². The number of benzene rings is 3. The number of para-hydroxylation sites is 2. The summed E-state index contributed by atoms with van der Waals surface area (Å²) in [5, 5.41) is 2.64. The number of hydrogen-bond donors (Lipinski definition) is 1. The molecule has 214 valence electrons. The van der Waals surface area contributed by atoms with E-state index < -0.39 is 28.5 Å². The summed E-state index contributed by atoms with van der Waals surface area (Å²) in [6.45, 7) is 3.70. The highest BCUT2D eigenvalue weighted by Gasteiger charge is 2.34. The third kappa shape index (κ3) is 7.57. The Balaban J connectivity index is 2.06.